The third kappa shape index (κ3) is 4.40. The van der Waals surface area contributed by atoms with Gasteiger partial charge in [-0.2, -0.15) is 5.26 Å². The molecule has 4 rings (SSSR count). The van der Waals surface area contributed by atoms with E-state index in [2.05, 4.69) is 85.1 Å². The fourth-order valence-corrected chi connectivity index (χ4v) is 4.94. The first kappa shape index (κ1) is 21.6. The SMILES string of the molecule is CSc1ccc(/C=C2/CN(C)CC3=C2OC(N)=C(C#N)[C@H]3c2ccc(SC)cc2)cc1. The maximum Gasteiger partial charge on any atom is 0.205 e. The Morgan fingerprint density at radius 2 is 1.65 bits per heavy atom. The van der Waals surface area contributed by atoms with Crippen molar-refractivity contribution in [3.63, 3.8) is 0 Å². The Hall–Kier alpha value is -2.59. The van der Waals surface area contributed by atoms with Gasteiger partial charge in [0.1, 0.15) is 17.4 Å². The standard InChI is InChI=1S/C25H25N3OS2/c1-28-14-18(12-16-4-8-19(30-2)9-5-16)24-22(15-28)23(21(13-26)25(27)29-24)17-6-10-20(31-3)11-7-17/h4-12,23H,14-15,27H2,1-3H3/b18-12-/t23-/m1/s1. The molecule has 2 aliphatic rings. The summed E-state index contributed by atoms with van der Waals surface area (Å²) in [6, 6.07) is 19.2. The van der Waals surface area contributed by atoms with Gasteiger partial charge < -0.3 is 10.5 Å². The van der Waals surface area contributed by atoms with E-state index in [1.54, 1.807) is 23.5 Å². The molecule has 31 heavy (non-hydrogen) atoms. The average molecular weight is 448 g/mol. The van der Waals surface area contributed by atoms with Crippen molar-refractivity contribution in [2.45, 2.75) is 15.7 Å². The Bertz CT molecular complexity index is 1110. The van der Waals surface area contributed by atoms with Crippen LogP contribution >= 0.6 is 23.5 Å². The Morgan fingerprint density at radius 3 is 2.23 bits per heavy atom. The van der Waals surface area contributed by atoms with E-state index in [9.17, 15) is 5.26 Å². The predicted octanol–water partition coefficient (Wildman–Crippen LogP) is 5.22. The van der Waals surface area contributed by atoms with Crippen molar-refractivity contribution in [3.8, 4) is 6.07 Å². The number of likely N-dealkylation sites (N-methyl/N-ethyl adjacent to an activating group) is 1. The minimum Gasteiger partial charge on any atom is -0.440 e. The molecule has 0 fully saturated rings. The van der Waals surface area contributed by atoms with Crippen LogP contribution in [-0.4, -0.2) is 37.5 Å². The first-order valence-electron chi connectivity index (χ1n) is 10.0. The summed E-state index contributed by atoms with van der Waals surface area (Å²) in [4.78, 5) is 4.68. The van der Waals surface area contributed by atoms with Crippen LogP contribution in [0.4, 0.5) is 0 Å². The molecular formula is C25H25N3OS2. The van der Waals surface area contributed by atoms with Crippen LogP contribution in [0, 0.1) is 11.3 Å². The highest BCUT2D eigenvalue weighted by atomic mass is 32.2. The molecule has 2 aromatic carbocycles. The number of hydrogen-bond donors (Lipinski definition) is 1. The number of nitrogens with zero attached hydrogens (tertiary/aromatic N) is 2. The minimum atomic E-state index is -0.199. The fraction of sp³-hybridized carbons (Fsp3) is 0.240. The second-order valence-electron chi connectivity index (χ2n) is 7.67. The Kier molecular flexibility index (Phi) is 6.47. The van der Waals surface area contributed by atoms with E-state index in [1.165, 1.54) is 9.79 Å². The van der Waals surface area contributed by atoms with E-state index in [0.717, 1.165) is 41.1 Å². The van der Waals surface area contributed by atoms with Gasteiger partial charge in [-0.15, -0.1) is 23.5 Å². The zero-order valence-corrected chi connectivity index (χ0v) is 19.5. The largest absolute Gasteiger partial charge is 0.440 e. The number of nitriles is 1. The van der Waals surface area contributed by atoms with Crippen LogP contribution < -0.4 is 5.73 Å². The first-order valence-corrected chi connectivity index (χ1v) is 12.5. The summed E-state index contributed by atoms with van der Waals surface area (Å²) >= 11 is 3.43. The molecule has 158 valence electrons. The maximum atomic E-state index is 9.88. The van der Waals surface area contributed by atoms with Crippen molar-refractivity contribution in [2.24, 2.45) is 5.73 Å². The molecule has 0 unspecified atom stereocenters. The van der Waals surface area contributed by atoms with Gasteiger partial charge in [0.15, 0.2) is 0 Å². The van der Waals surface area contributed by atoms with Crippen molar-refractivity contribution < 1.29 is 4.74 Å². The molecule has 0 saturated carbocycles. The highest BCUT2D eigenvalue weighted by molar-refractivity contribution is 7.98. The van der Waals surface area contributed by atoms with Crippen LogP contribution in [0.15, 0.2) is 86.7 Å². The number of allylic oxidation sites excluding steroid dienone is 1. The lowest BCUT2D eigenvalue weighted by Gasteiger charge is -2.37. The fourth-order valence-electron chi connectivity index (χ4n) is 4.12. The minimum absolute atomic E-state index is 0.199. The second kappa shape index (κ2) is 9.27. The van der Waals surface area contributed by atoms with Gasteiger partial charge in [-0.3, -0.25) is 4.90 Å². The topological polar surface area (TPSA) is 62.3 Å². The first-order chi connectivity index (χ1) is 15.0. The number of benzene rings is 2. The van der Waals surface area contributed by atoms with Gasteiger partial charge in [-0.05, 0) is 66.6 Å². The summed E-state index contributed by atoms with van der Waals surface area (Å²) in [6.07, 6.45) is 6.29. The van der Waals surface area contributed by atoms with Crippen molar-refractivity contribution in [1.82, 2.24) is 4.90 Å². The maximum absolute atomic E-state index is 9.88. The zero-order chi connectivity index (χ0) is 22.0. The highest BCUT2D eigenvalue weighted by Crippen LogP contribution is 2.43. The lowest BCUT2D eigenvalue weighted by Crippen LogP contribution is -2.35. The normalized spacial score (nSPS) is 20.5. The highest BCUT2D eigenvalue weighted by Gasteiger charge is 2.36. The molecule has 2 aromatic rings. The van der Waals surface area contributed by atoms with E-state index >= 15 is 0 Å². The van der Waals surface area contributed by atoms with Crippen LogP contribution in [0.3, 0.4) is 0 Å². The van der Waals surface area contributed by atoms with E-state index < -0.39 is 0 Å². The number of hydrogen-bond acceptors (Lipinski definition) is 6. The van der Waals surface area contributed by atoms with Crippen LogP contribution in [0.5, 0.6) is 0 Å². The summed E-state index contributed by atoms with van der Waals surface area (Å²) in [5, 5.41) is 9.88. The van der Waals surface area contributed by atoms with E-state index in [-0.39, 0.29) is 11.8 Å². The zero-order valence-electron chi connectivity index (χ0n) is 17.9. The molecule has 2 aliphatic heterocycles. The van der Waals surface area contributed by atoms with Crippen LogP contribution in [-0.2, 0) is 4.74 Å². The average Bonchev–Trinajstić information content (AvgIpc) is 2.79. The van der Waals surface area contributed by atoms with Gasteiger partial charge in [0.2, 0.25) is 5.88 Å². The van der Waals surface area contributed by atoms with Gasteiger partial charge in [0.05, 0.1) is 5.92 Å². The third-order valence-electron chi connectivity index (χ3n) is 5.60. The number of ether oxygens (including phenoxy) is 1. The molecule has 4 nitrogen and oxygen atoms in total. The summed E-state index contributed by atoms with van der Waals surface area (Å²) in [5.74, 6) is 0.811. The molecule has 2 heterocycles. The van der Waals surface area contributed by atoms with E-state index in [0.29, 0.717) is 5.57 Å². The van der Waals surface area contributed by atoms with Crippen molar-refractivity contribution >= 4 is 29.6 Å². The molecule has 0 saturated heterocycles. The second-order valence-corrected chi connectivity index (χ2v) is 9.43. The van der Waals surface area contributed by atoms with Crippen molar-refractivity contribution in [2.75, 3.05) is 32.6 Å². The molecule has 0 amide bonds. The molecular weight excluding hydrogens is 422 g/mol. The number of rotatable bonds is 4. The van der Waals surface area contributed by atoms with Gasteiger partial charge in [-0.1, -0.05) is 24.3 Å². The monoisotopic (exact) mass is 447 g/mol. The molecule has 0 aromatic heterocycles. The summed E-state index contributed by atoms with van der Waals surface area (Å²) in [6.45, 7) is 1.49. The molecule has 0 bridgehead atoms. The molecule has 0 spiro atoms. The van der Waals surface area contributed by atoms with Crippen LogP contribution in [0.1, 0.15) is 17.0 Å². The molecule has 0 radical (unpaired) electrons. The van der Waals surface area contributed by atoms with Gasteiger partial charge >= 0.3 is 0 Å². The summed E-state index contributed by atoms with van der Waals surface area (Å²) in [5.41, 5.74) is 11.1. The molecule has 0 aliphatic carbocycles. The van der Waals surface area contributed by atoms with Gasteiger partial charge in [0, 0.05) is 28.5 Å². The van der Waals surface area contributed by atoms with Crippen LogP contribution in [0.25, 0.3) is 6.08 Å². The third-order valence-corrected chi connectivity index (χ3v) is 7.09. The number of nitrogens with two attached hydrogens (primary N) is 1. The van der Waals surface area contributed by atoms with Gasteiger partial charge in [0.25, 0.3) is 0 Å². The Morgan fingerprint density at radius 1 is 1.03 bits per heavy atom. The number of thioether (sulfide) groups is 2. The quantitative estimate of drug-likeness (QED) is 0.648. The predicted molar refractivity (Wildman–Crippen MR) is 130 cm³/mol. The lowest BCUT2D eigenvalue weighted by molar-refractivity contribution is 0.251. The summed E-state index contributed by atoms with van der Waals surface area (Å²) in [7, 11) is 2.09. The van der Waals surface area contributed by atoms with Gasteiger partial charge in [-0.25, -0.2) is 0 Å². The Balaban J connectivity index is 1.81. The molecule has 6 heteroatoms. The van der Waals surface area contributed by atoms with E-state index in [4.69, 9.17) is 10.5 Å². The molecule has 2 N–H and O–H groups in total. The summed E-state index contributed by atoms with van der Waals surface area (Å²) < 4.78 is 6.08. The van der Waals surface area contributed by atoms with Crippen LogP contribution in [0.2, 0.25) is 0 Å². The van der Waals surface area contributed by atoms with Crippen molar-refractivity contribution in [1.29, 1.82) is 5.26 Å². The van der Waals surface area contributed by atoms with Crippen molar-refractivity contribution in [3.05, 3.63) is 88.0 Å². The Labute approximate surface area is 192 Å². The lowest BCUT2D eigenvalue weighted by atomic mass is 9.80. The smallest absolute Gasteiger partial charge is 0.205 e. The van der Waals surface area contributed by atoms with E-state index in [1.807, 2.05) is 0 Å². The molecule has 1 atom stereocenters.